The zero-order valence-corrected chi connectivity index (χ0v) is 12.5. The van der Waals surface area contributed by atoms with Gasteiger partial charge < -0.3 is 15.0 Å². The van der Waals surface area contributed by atoms with Crippen LogP contribution in [-0.4, -0.2) is 37.2 Å². The molecule has 0 unspecified atom stereocenters. The Morgan fingerprint density at radius 3 is 2.90 bits per heavy atom. The van der Waals surface area contributed by atoms with E-state index in [1.807, 2.05) is 24.3 Å². The van der Waals surface area contributed by atoms with Crippen LogP contribution in [-0.2, 0) is 0 Å². The lowest BCUT2D eigenvalue weighted by atomic mass is 10.1. The van der Waals surface area contributed by atoms with E-state index in [0.717, 1.165) is 28.7 Å². The van der Waals surface area contributed by atoms with Crippen molar-refractivity contribution in [1.29, 1.82) is 0 Å². The number of ether oxygens (including phenoxy) is 1. The Balaban J connectivity index is 1.68. The van der Waals surface area contributed by atoms with E-state index in [4.69, 9.17) is 4.74 Å². The molecule has 0 bridgehead atoms. The molecular formula is C15H15BrN2O2. The van der Waals surface area contributed by atoms with E-state index in [-0.39, 0.29) is 6.03 Å². The first-order chi connectivity index (χ1) is 9.75. The second kappa shape index (κ2) is 5.71. The third-order valence-corrected chi connectivity index (χ3v) is 4.21. The van der Waals surface area contributed by atoms with E-state index < -0.39 is 0 Å². The summed E-state index contributed by atoms with van der Waals surface area (Å²) in [6.45, 7) is 2.56. The van der Waals surface area contributed by atoms with Gasteiger partial charge in [0, 0.05) is 13.1 Å². The largest absolute Gasteiger partial charge is 0.491 e. The highest BCUT2D eigenvalue weighted by atomic mass is 79.9. The summed E-state index contributed by atoms with van der Waals surface area (Å²) in [6.07, 6.45) is 0. The molecule has 2 amide bonds. The third kappa shape index (κ3) is 2.58. The van der Waals surface area contributed by atoms with Gasteiger partial charge in [-0.3, -0.25) is 0 Å². The maximum atomic E-state index is 11.4. The number of hydrogen-bond donors (Lipinski definition) is 1. The molecule has 1 heterocycles. The number of fused-ring (bicyclic) bond motifs is 1. The van der Waals surface area contributed by atoms with Crippen LogP contribution < -0.4 is 10.1 Å². The molecule has 0 aromatic heterocycles. The molecule has 4 nitrogen and oxygen atoms in total. The zero-order chi connectivity index (χ0) is 13.9. The van der Waals surface area contributed by atoms with Crippen LogP contribution in [0.2, 0.25) is 0 Å². The highest BCUT2D eigenvalue weighted by Crippen LogP contribution is 2.32. The average Bonchev–Trinajstić information content (AvgIpc) is 2.87. The van der Waals surface area contributed by atoms with Crippen LogP contribution in [0.5, 0.6) is 5.75 Å². The number of nitrogens with one attached hydrogen (secondary N) is 1. The maximum Gasteiger partial charge on any atom is 0.317 e. The minimum Gasteiger partial charge on any atom is -0.491 e. The number of carbonyl (C=O) groups is 1. The maximum absolute atomic E-state index is 11.4. The number of carbonyl (C=O) groups excluding carboxylic acids is 1. The van der Waals surface area contributed by atoms with Gasteiger partial charge in [-0.05, 0) is 32.8 Å². The second-order valence-corrected chi connectivity index (χ2v) is 5.46. The molecule has 1 saturated heterocycles. The topological polar surface area (TPSA) is 41.6 Å². The molecular weight excluding hydrogens is 320 g/mol. The van der Waals surface area contributed by atoms with Gasteiger partial charge in [-0.15, -0.1) is 0 Å². The van der Waals surface area contributed by atoms with Crippen molar-refractivity contribution >= 4 is 32.7 Å². The van der Waals surface area contributed by atoms with Crippen LogP contribution in [0.3, 0.4) is 0 Å². The molecule has 0 radical (unpaired) electrons. The normalized spacial score (nSPS) is 14.7. The first-order valence-corrected chi connectivity index (χ1v) is 7.38. The zero-order valence-electron chi connectivity index (χ0n) is 10.9. The molecule has 3 rings (SSSR count). The molecule has 0 spiro atoms. The van der Waals surface area contributed by atoms with Crippen LogP contribution in [0, 0.1) is 0 Å². The average molecular weight is 335 g/mol. The van der Waals surface area contributed by atoms with Crippen molar-refractivity contribution in [2.24, 2.45) is 0 Å². The first kappa shape index (κ1) is 13.2. The summed E-state index contributed by atoms with van der Waals surface area (Å²) in [5.74, 6) is 0.809. The minimum atomic E-state index is -0.00817. The molecule has 5 heteroatoms. The molecule has 0 atom stereocenters. The van der Waals surface area contributed by atoms with Gasteiger partial charge in [0.1, 0.15) is 12.4 Å². The fraction of sp³-hybridized carbons (Fsp3) is 0.267. The molecule has 1 aliphatic heterocycles. The summed E-state index contributed by atoms with van der Waals surface area (Å²) < 4.78 is 6.75. The fourth-order valence-corrected chi connectivity index (χ4v) is 2.92. The van der Waals surface area contributed by atoms with Crippen LogP contribution in [0.15, 0.2) is 40.9 Å². The number of urea groups is 1. The molecule has 0 saturated carbocycles. The molecule has 1 fully saturated rings. The fourth-order valence-electron chi connectivity index (χ4n) is 2.32. The van der Waals surface area contributed by atoms with Crippen LogP contribution in [0.25, 0.3) is 10.8 Å². The number of benzene rings is 2. The molecule has 1 N–H and O–H groups in total. The minimum absolute atomic E-state index is 0.00817. The Hall–Kier alpha value is -1.75. The van der Waals surface area contributed by atoms with Gasteiger partial charge in [0.25, 0.3) is 0 Å². The summed E-state index contributed by atoms with van der Waals surface area (Å²) in [4.78, 5) is 13.2. The molecule has 20 heavy (non-hydrogen) atoms. The van der Waals surface area contributed by atoms with Gasteiger partial charge in [0.2, 0.25) is 0 Å². The Bertz CT molecular complexity index is 645. The van der Waals surface area contributed by atoms with Gasteiger partial charge in [0.15, 0.2) is 0 Å². The molecule has 1 aliphatic rings. The van der Waals surface area contributed by atoms with Gasteiger partial charge >= 0.3 is 6.03 Å². The molecule has 0 aliphatic carbocycles. The third-order valence-electron chi connectivity index (χ3n) is 3.39. The molecule has 104 valence electrons. The van der Waals surface area contributed by atoms with Crippen LogP contribution in [0.4, 0.5) is 4.79 Å². The smallest absolute Gasteiger partial charge is 0.317 e. The van der Waals surface area contributed by atoms with Crippen molar-refractivity contribution in [3.63, 3.8) is 0 Å². The summed E-state index contributed by atoms with van der Waals surface area (Å²) >= 11 is 3.59. The van der Waals surface area contributed by atoms with Gasteiger partial charge in [-0.1, -0.05) is 30.3 Å². The Morgan fingerprint density at radius 1 is 1.25 bits per heavy atom. The lowest BCUT2D eigenvalue weighted by Gasteiger charge is -2.15. The van der Waals surface area contributed by atoms with Crippen molar-refractivity contribution in [2.45, 2.75) is 0 Å². The van der Waals surface area contributed by atoms with Gasteiger partial charge in [-0.25, -0.2) is 4.79 Å². The van der Waals surface area contributed by atoms with E-state index in [0.29, 0.717) is 13.2 Å². The monoisotopic (exact) mass is 334 g/mol. The predicted molar refractivity (Wildman–Crippen MR) is 82.1 cm³/mol. The quantitative estimate of drug-likeness (QED) is 0.933. The highest BCUT2D eigenvalue weighted by molar-refractivity contribution is 9.10. The van der Waals surface area contributed by atoms with Crippen LogP contribution >= 0.6 is 15.9 Å². The summed E-state index contributed by atoms with van der Waals surface area (Å²) in [5.41, 5.74) is 0. The van der Waals surface area contributed by atoms with Gasteiger partial charge in [0.05, 0.1) is 11.0 Å². The van der Waals surface area contributed by atoms with E-state index in [1.165, 1.54) is 5.39 Å². The standard InChI is InChI=1S/C15H15BrN2O2/c16-14-12-4-2-1-3-11(12)5-6-13(14)20-10-9-18-8-7-17-15(18)19/h1-6H,7-10H2,(H,17,19). The number of nitrogens with zero attached hydrogens (tertiary/aromatic N) is 1. The lowest BCUT2D eigenvalue weighted by molar-refractivity contribution is 0.202. The van der Waals surface area contributed by atoms with E-state index in [1.54, 1.807) is 4.90 Å². The summed E-state index contributed by atoms with van der Waals surface area (Å²) in [7, 11) is 0. The SMILES string of the molecule is O=C1NCCN1CCOc1ccc2ccccc2c1Br. The number of amides is 2. The molecule has 2 aromatic rings. The number of hydrogen-bond acceptors (Lipinski definition) is 2. The van der Waals surface area contributed by atoms with Crippen molar-refractivity contribution in [1.82, 2.24) is 10.2 Å². The van der Waals surface area contributed by atoms with E-state index in [9.17, 15) is 4.79 Å². The van der Waals surface area contributed by atoms with Gasteiger partial charge in [-0.2, -0.15) is 0 Å². The first-order valence-electron chi connectivity index (χ1n) is 6.58. The van der Waals surface area contributed by atoms with Crippen LogP contribution in [0.1, 0.15) is 0 Å². The Labute approximate surface area is 125 Å². The van der Waals surface area contributed by atoms with Crippen molar-refractivity contribution in [2.75, 3.05) is 26.2 Å². The van der Waals surface area contributed by atoms with Crippen molar-refractivity contribution in [3.05, 3.63) is 40.9 Å². The highest BCUT2D eigenvalue weighted by Gasteiger charge is 2.18. The number of rotatable bonds is 4. The number of halogens is 1. The summed E-state index contributed by atoms with van der Waals surface area (Å²) in [5, 5.41) is 5.08. The second-order valence-electron chi connectivity index (χ2n) is 4.67. The van der Waals surface area contributed by atoms with E-state index in [2.05, 4.69) is 33.4 Å². The van der Waals surface area contributed by atoms with E-state index >= 15 is 0 Å². The Morgan fingerprint density at radius 2 is 2.10 bits per heavy atom. The molecule has 2 aromatic carbocycles. The predicted octanol–water partition coefficient (Wildman–Crippen LogP) is 3.01. The van der Waals surface area contributed by atoms with Crippen molar-refractivity contribution < 1.29 is 9.53 Å². The lowest BCUT2D eigenvalue weighted by Crippen LogP contribution is -2.31. The summed E-state index contributed by atoms with van der Waals surface area (Å²) in [6, 6.07) is 12.1. The Kier molecular flexibility index (Phi) is 3.78. The van der Waals surface area contributed by atoms with Crippen molar-refractivity contribution in [3.8, 4) is 5.75 Å².